The number of halogens is 2. The zero-order chi connectivity index (χ0) is 15.9. The molecule has 0 spiro atoms. The lowest BCUT2D eigenvalue weighted by molar-refractivity contribution is -0.121. The van der Waals surface area contributed by atoms with Gasteiger partial charge in [-0.05, 0) is 44.3 Å². The molecule has 2 fully saturated rings. The van der Waals surface area contributed by atoms with Gasteiger partial charge >= 0.3 is 0 Å². The standard InChI is InChI=1S/C19H29N3O.2ClH/c23-19(13-17-9-6-11-20-17)21-14-18-10-4-5-12-22(18)15-16-7-2-1-3-8-16;;/h1-3,7-8,17-18,20H,4-6,9-15H2,(H,21,23);2*1H. The number of hydrogen-bond acceptors (Lipinski definition) is 3. The van der Waals surface area contributed by atoms with Crippen LogP contribution in [0.2, 0.25) is 0 Å². The van der Waals surface area contributed by atoms with Gasteiger partial charge in [-0.1, -0.05) is 36.8 Å². The minimum Gasteiger partial charge on any atom is -0.354 e. The lowest BCUT2D eigenvalue weighted by atomic mass is 10.0. The van der Waals surface area contributed by atoms with Crippen LogP contribution in [0.25, 0.3) is 0 Å². The van der Waals surface area contributed by atoms with Crippen molar-refractivity contribution in [1.82, 2.24) is 15.5 Å². The molecule has 2 atom stereocenters. The van der Waals surface area contributed by atoms with Gasteiger partial charge in [-0.3, -0.25) is 9.69 Å². The van der Waals surface area contributed by atoms with Gasteiger partial charge in [0.15, 0.2) is 0 Å². The Balaban J connectivity index is 0.00000156. The summed E-state index contributed by atoms with van der Waals surface area (Å²) < 4.78 is 0. The second kappa shape index (κ2) is 11.7. The van der Waals surface area contributed by atoms with Crippen molar-refractivity contribution in [2.45, 2.75) is 57.2 Å². The van der Waals surface area contributed by atoms with E-state index in [-0.39, 0.29) is 30.7 Å². The topological polar surface area (TPSA) is 44.4 Å². The van der Waals surface area contributed by atoms with Crippen LogP contribution in [0.15, 0.2) is 30.3 Å². The first-order valence-electron chi connectivity index (χ1n) is 9.09. The molecule has 1 aromatic rings. The molecule has 0 saturated carbocycles. The van der Waals surface area contributed by atoms with Crippen molar-refractivity contribution < 1.29 is 4.79 Å². The Morgan fingerprint density at radius 1 is 1.12 bits per heavy atom. The molecule has 1 amide bonds. The largest absolute Gasteiger partial charge is 0.354 e. The van der Waals surface area contributed by atoms with Gasteiger partial charge in [-0.25, -0.2) is 0 Å². The molecule has 1 aromatic carbocycles. The first-order valence-corrected chi connectivity index (χ1v) is 9.09. The van der Waals surface area contributed by atoms with Gasteiger partial charge in [-0.15, -0.1) is 24.8 Å². The van der Waals surface area contributed by atoms with E-state index in [1.54, 1.807) is 0 Å². The van der Waals surface area contributed by atoms with Crippen LogP contribution < -0.4 is 10.6 Å². The maximum Gasteiger partial charge on any atom is 0.221 e. The van der Waals surface area contributed by atoms with E-state index in [2.05, 4.69) is 45.9 Å². The summed E-state index contributed by atoms with van der Waals surface area (Å²) >= 11 is 0. The van der Waals surface area contributed by atoms with E-state index in [0.29, 0.717) is 18.5 Å². The predicted molar refractivity (Wildman–Crippen MR) is 108 cm³/mol. The van der Waals surface area contributed by atoms with Crippen LogP contribution >= 0.6 is 24.8 Å². The maximum absolute atomic E-state index is 12.1. The molecule has 3 rings (SSSR count). The number of nitrogens with zero attached hydrogens (tertiary/aromatic N) is 1. The van der Waals surface area contributed by atoms with E-state index in [1.165, 1.54) is 31.2 Å². The fourth-order valence-electron chi connectivity index (χ4n) is 3.78. The smallest absolute Gasteiger partial charge is 0.221 e. The molecular weight excluding hydrogens is 357 g/mol. The molecule has 6 heteroatoms. The molecule has 2 saturated heterocycles. The van der Waals surface area contributed by atoms with E-state index < -0.39 is 0 Å². The van der Waals surface area contributed by atoms with Crippen LogP contribution in [0.4, 0.5) is 0 Å². The van der Waals surface area contributed by atoms with E-state index in [1.807, 2.05) is 0 Å². The molecule has 2 aliphatic rings. The summed E-state index contributed by atoms with van der Waals surface area (Å²) in [6.45, 7) is 3.98. The highest BCUT2D eigenvalue weighted by atomic mass is 35.5. The van der Waals surface area contributed by atoms with Crippen molar-refractivity contribution in [3.05, 3.63) is 35.9 Å². The van der Waals surface area contributed by atoms with Gasteiger partial charge in [0.1, 0.15) is 0 Å². The zero-order valence-corrected chi connectivity index (χ0v) is 16.4. The van der Waals surface area contributed by atoms with Crippen molar-refractivity contribution in [3.63, 3.8) is 0 Å². The molecule has 2 unspecified atom stereocenters. The Hall–Kier alpha value is -0.810. The number of carbonyl (C=O) groups excluding carboxylic acids is 1. The maximum atomic E-state index is 12.1. The van der Waals surface area contributed by atoms with Crippen LogP contribution in [0.1, 0.15) is 44.1 Å². The third-order valence-corrected chi connectivity index (χ3v) is 5.11. The zero-order valence-electron chi connectivity index (χ0n) is 14.8. The summed E-state index contributed by atoms with van der Waals surface area (Å²) in [5.74, 6) is 0.203. The average Bonchev–Trinajstić information content (AvgIpc) is 3.08. The van der Waals surface area contributed by atoms with Crippen LogP contribution in [0.3, 0.4) is 0 Å². The Morgan fingerprint density at radius 3 is 2.64 bits per heavy atom. The van der Waals surface area contributed by atoms with E-state index in [9.17, 15) is 4.79 Å². The van der Waals surface area contributed by atoms with Gasteiger partial charge in [0.05, 0.1) is 0 Å². The molecule has 2 heterocycles. The molecular formula is C19H31Cl2N3O. The SMILES string of the molecule is Cl.Cl.O=C(CC1CCCN1)NCC1CCCCN1Cc1ccccc1. The summed E-state index contributed by atoms with van der Waals surface area (Å²) in [4.78, 5) is 14.7. The van der Waals surface area contributed by atoms with E-state index >= 15 is 0 Å². The fourth-order valence-corrected chi connectivity index (χ4v) is 3.78. The van der Waals surface area contributed by atoms with Gasteiger partial charge in [0.2, 0.25) is 5.91 Å². The predicted octanol–water partition coefficient (Wildman–Crippen LogP) is 3.14. The average molecular weight is 388 g/mol. The van der Waals surface area contributed by atoms with Crippen LogP contribution in [-0.4, -0.2) is 42.5 Å². The van der Waals surface area contributed by atoms with Crippen LogP contribution in [-0.2, 0) is 11.3 Å². The highest BCUT2D eigenvalue weighted by Gasteiger charge is 2.24. The highest BCUT2D eigenvalue weighted by Crippen LogP contribution is 2.19. The summed E-state index contributed by atoms with van der Waals surface area (Å²) in [7, 11) is 0. The molecule has 25 heavy (non-hydrogen) atoms. The number of carbonyl (C=O) groups is 1. The fraction of sp³-hybridized carbons (Fsp3) is 0.632. The summed E-state index contributed by atoms with van der Waals surface area (Å²) in [6, 6.07) is 11.5. The summed E-state index contributed by atoms with van der Waals surface area (Å²) in [6.07, 6.45) is 6.70. The molecule has 2 N–H and O–H groups in total. The molecule has 0 aromatic heterocycles. The number of nitrogens with one attached hydrogen (secondary N) is 2. The lowest BCUT2D eigenvalue weighted by Crippen LogP contribution is -2.46. The minimum atomic E-state index is 0. The van der Waals surface area contributed by atoms with Gasteiger partial charge in [-0.2, -0.15) is 0 Å². The third-order valence-electron chi connectivity index (χ3n) is 5.11. The minimum absolute atomic E-state index is 0. The number of benzene rings is 1. The second-order valence-electron chi connectivity index (χ2n) is 6.91. The molecule has 0 radical (unpaired) electrons. The number of hydrogen-bond donors (Lipinski definition) is 2. The van der Waals surface area contributed by atoms with Crippen molar-refractivity contribution in [2.75, 3.05) is 19.6 Å². The van der Waals surface area contributed by atoms with Crippen molar-refractivity contribution in [1.29, 1.82) is 0 Å². The highest BCUT2D eigenvalue weighted by molar-refractivity contribution is 5.85. The molecule has 0 bridgehead atoms. The third kappa shape index (κ3) is 7.14. The Labute approximate surface area is 163 Å². The Kier molecular flexibility index (Phi) is 10.4. The summed E-state index contributed by atoms with van der Waals surface area (Å²) in [5, 5.41) is 6.57. The van der Waals surface area contributed by atoms with Gasteiger partial charge in [0.25, 0.3) is 0 Å². The first-order chi connectivity index (χ1) is 11.3. The number of likely N-dealkylation sites (tertiary alicyclic amines) is 1. The Bertz CT molecular complexity index is 495. The van der Waals surface area contributed by atoms with Crippen molar-refractivity contribution >= 4 is 30.7 Å². The van der Waals surface area contributed by atoms with Crippen LogP contribution in [0, 0.1) is 0 Å². The van der Waals surface area contributed by atoms with Gasteiger partial charge in [0, 0.05) is 31.6 Å². The second-order valence-corrected chi connectivity index (χ2v) is 6.91. The van der Waals surface area contributed by atoms with Crippen molar-refractivity contribution in [3.8, 4) is 0 Å². The van der Waals surface area contributed by atoms with Crippen molar-refractivity contribution in [2.24, 2.45) is 0 Å². The number of amides is 1. The van der Waals surface area contributed by atoms with Gasteiger partial charge < -0.3 is 10.6 Å². The number of piperidine rings is 1. The van der Waals surface area contributed by atoms with Crippen LogP contribution in [0.5, 0.6) is 0 Å². The number of rotatable bonds is 6. The first kappa shape index (κ1) is 22.2. The van der Waals surface area contributed by atoms with E-state index in [4.69, 9.17) is 0 Å². The normalized spacial score (nSPS) is 23.4. The molecule has 2 aliphatic heterocycles. The quantitative estimate of drug-likeness (QED) is 0.787. The Morgan fingerprint density at radius 2 is 1.92 bits per heavy atom. The van der Waals surface area contributed by atoms with E-state index in [0.717, 1.165) is 32.6 Å². The molecule has 142 valence electrons. The monoisotopic (exact) mass is 387 g/mol. The summed E-state index contributed by atoms with van der Waals surface area (Å²) in [5.41, 5.74) is 1.36. The molecule has 4 nitrogen and oxygen atoms in total. The lowest BCUT2D eigenvalue weighted by Gasteiger charge is -2.36. The molecule has 0 aliphatic carbocycles.